The second-order valence-corrected chi connectivity index (χ2v) is 7.51. The smallest absolute Gasteiger partial charge is 0.256 e. The molecule has 0 bridgehead atoms. The number of amides is 1. The molecule has 2 N–H and O–H groups in total. The van der Waals surface area contributed by atoms with Crippen LogP contribution in [0, 0.1) is 10.1 Å². The second-order valence-electron chi connectivity index (χ2n) is 7.51. The van der Waals surface area contributed by atoms with Gasteiger partial charge in [-0.1, -0.05) is 36.9 Å². The first-order chi connectivity index (χ1) is 14.4. The van der Waals surface area contributed by atoms with Gasteiger partial charge in [0.15, 0.2) is 17.0 Å². The Kier molecular flexibility index (Phi) is 4.95. The zero-order valence-electron chi connectivity index (χ0n) is 16.8. The number of carbonyl (C=O) groups excluding carboxylic acids is 1. The van der Waals surface area contributed by atoms with E-state index in [2.05, 4.69) is 17.2 Å². The summed E-state index contributed by atoms with van der Waals surface area (Å²) in [5, 5.41) is 18.4. The lowest BCUT2D eigenvalue weighted by molar-refractivity contribution is -0.532. The number of fused-ring (bicyclic) bond motifs is 2. The van der Waals surface area contributed by atoms with Crippen LogP contribution in [0.1, 0.15) is 24.0 Å². The molecule has 156 valence electrons. The van der Waals surface area contributed by atoms with Crippen LogP contribution in [0.2, 0.25) is 0 Å². The van der Waals surface area contributed by atoms with Crippen molar-refractivity contribution in [1.82, 2.24) is 5.32 Å². The van der Waals surface area contributed by atoms with Crippen molar-refractivity contribution in [2.75, 3.05) is 19.0 Å². The quantitative estimate of drug-likeness (QED) is 0.432. The summed E-state index contributed by atoms with van der Waals surface area (Å²) in [6.45, 7) is 5.80. The molecule has 8 nitrogen and oxygen atoms in total. The predicted molar refractivity (Wildman–Crippen MR) is 112 cm³/mol. The molecule has 2 aromatic carbocycles. The number of anilines is 1. The van der Waals surface area contributed by atoms with Gasteiger partial charge in [-0.3, -0.25) is 20.2 Å². The highest BCUT2D eigenvalue weighted by Crippen LogP contribution is 2.50. The lowest BCUT2D eigenvalue weighted by Crippen LogP contribution is -2.54. The van der Waals surface area contributed by atoms with Crippen LogP contribution < -0.4 is 20.1 Å². The maximum absolute atomic E-state index is 13.1. The van der Waals surface area contributed by atoms with Crippen LogP contribution in [-0.4, -0.2) is 36.6 Å². The summed E-state index contributed by atoms with van der Waals surface area (Å²) < 4.78 is 11.0. The second kappa shape index (κ2) is 7.46. The molecule has 1 amide bonds. The van der Waals surface area contributed by atoms with Crippen molar-refractivity contribution in [3.63, 3.8) is 0 Å². The van der Waals surface area contributed by atoms with Gasteiger partial charge < -0.3 is 14.8 Å². The molecule has 8 heteroatoms. The summed E-state index contributed by atoms with van der Waals surface area (Å²) in [4.78, 5) is 25.0. The average molecular weight is 409 g/mol. The van der Waals surface area contributed by atoms with Gasteiger partial charge in [-0.05, 0) is 30.7 Å². The Morgan fingerprint density at radius 3 is 2.73 bits per heavy atom. The van der Waals surface area contributed by atoms with Crippen LogP contribution in [0.4, 0.5) is 5.69 Å². The van der Waals surface area contributed by atoms with Gasteiger partial charge in [0.25, 0.3) is 11.9 Å². The highest BCUT2D eigenvalue weighted by Gasteiger charge is 2.67. The third kappa shape index (κ3) is 2.83. The van der Waals surface area contributed by atoms with Gasteiger partial charge in [0.1, 0.15) is 6.61 Å². The Morgan fingerprint density at radius 2 is 2.03 bits per heavy atom. The summed E-state index contributed by atoms with van der Waals surface area (Å²) in [5.41, 5.74) is 0.466. The Hall–Kier alpha value is -3.39. The number of nitrogens with zero attached hydrogens (tertiary/aromatic N) is 1. The molecule has 1 spiro atoms. The van der Waals surface area contributed by atoms with E-state index in [1.54, 1.807) is 48.5 Å². The SMILES string of the molecule is C=CCOc1ccc([C@@H]2[C@H](C)N[C@@]3(C(=O)Nc4ccccc43)[C@@H]2[N+](=O)[O-])cc1OC. The third-order valence-corrected chi connectivity index (χ3v) is 5.89. The van der Waals surface area contributed by atoms with Crippen molar-refractivity contribution in [3.05, 3.63) is 76.4 Å². The van der Waals surface area contributed by atoms with Crippen LogP contribution in [0.5, 0.6) is 11.5 Å². The maximum Gasteiger partial charge on any atom is 0.256 e. The van der Waals surface area contributed by atoms with E-state index in [1.807, 2.05) is 6.92 Å². The maximum atomic E-state index is 13.1. The van der Waals surface area contributed by atoms with E-state index in [0.717, 1.165) is 0 Å². The Labute approximate surface area is 174 Å². The number of nitro groups is 1. The third-order valence-electron chi connectivity index (χ3n) is 5.89. The van der Waals surface area contributed by atoms with E-state index in [4.69, 9.17) is 9.47 Å². The highest BCUT2D eigenvalue weighted by atomic mass is 16.6. The van der Waals surface area contributed by atoms with E-state index in [-0.39, 0.29) is 11.0 Å². The van der Waals surface area contributed by atoms with E-state index in [1.165, 1.54) is 7.11 Å². The molecule has 0 aromatic heterocycles. The lowest BCUT2D eigenvalue weighted by Gasteiger charge is -2.25. The van der Waals surface area contributed by atoms with Gasteiger partial charge in [-0.2, -0.15) is 0 Å². The van der Waals surface area contributed by atoms with Crippen LogP contribution in [0.3, 0.4) is 0 Å². The first kappa shape index (κ1) is 19.9. The Balaban J connectivity index is 1.81. The first-order valence-corrected chi connectivity index (χ1v) is 9.67. The van der Waals surface area contributed by atoms with E-state index < -0.39 is 23.4 Å². The molecule has 1 fully saturated rings. The van der Waals surface area contributed by atoms with Crippen LogP contribution in [-0.2, 0) is 10.3 Å². The average Bonchev–Trinajstić information content (AvgIpc) is 3.20. The predicted octanol–water partition coefficient (Wildman–Crippen LogP) is 2.83. The number of benzene rings is 2. The molecule has 4 rings (SSSR count). The molecule has 2 aromatic rings. The van der Waals surface area contributed by atoms with Gasteiger partial charge in [0.2, 0.25) is 0 Å². The molecule has 2 heterocycles. The van der Waals surface area contributed by atoms with Crippen LogP contribution >= 0.6 is 0 Å². The fourth-order valence-corrected chi connectivity index (χ4v) is 4.71. The van der Waals surface area contributed by atoms with Crippen molar-refractivity contribution in [2.24, 2.45) is 0 Å². The lowest BCUT2D eigenvalue weighted by atomic mass is 9.78. The summed E-state index contributed by atoms with van der Waals surface area (Å²) >= 11 is 0. The summed E-state index contributed by atoms with van der Waals surface area (Å²) in [5.74, 6) is 0.0360. The van der Waals surface area contributed by atoms with Gasteiger partial charge in [-0.15, -0.1) is 0 Å². The van der Waals surface area contributed by atoms with Crippen molar-refractivity contribution in [3.8, 4) is 11.5 Å². The molecule has 2 aliphatic rings. The molecule has 0 unspecified atom stereocenters. The van der Waals surface area contributed by atoms with Crippen LogP contribution in [0.15, 0.2) is 55.1 Å². The molecular formula is C22H23N3O5. The molecule has 4 atom stereocenters. The molecule has 30 heavy (non-hydrogen) atoms. The Morgan fingerprint density at radius 1 is 1.27 bits per heavy atom. The van der Waals surface area contributed by atoms with Gasteiger partial charge in [-0.25, -0.2) is 0 Å². The zero-order chi connectivity index (χ0) is 21.5. The standard InChI is InChI=1S/C22H23N3O5/c1-4-11-30-17-10-9-14(12-18(17)29-3)19-13(2)24-22(20(19)25(27)28)15-7-5-6-8-16(15)23-21(22)26/h4-10,12-13,19-20,24H,1,11H2,2-3H3,(H,23,26)/t13-,19-,20+,22+/m0/s1. The van der Waals surface area contributed by atoms with Gasteiger partial charge >= 0.3 is 0 Å². The van der Waals surface area contributed by atoms with Crippen molar-refractivity contribution in [2.45, 2.75) is 30.5 Å². The van der Waals surface area contributed by atoms with E-state index >= 15 is 0 Å². The van der Waals surface area contributed by atoms with E-state index in [0.29, 0.717) is 34.9 Å². The highest BCUT2D eigenvalue weighted by molar-refractivity contribution is 6.07. The van der Waals surface area contributed by atoms with Crippen LogP contribution in [0.25, 0.3) is 0 Å². The number of rotatable bonds is 6. The number of hydrogen-bond acceptors (Lipinski definition) is 6. The first-order valence-electron chi connectivity index (χ1n) is 9.67. The number of hydrogen-bond donors (Lipinski definition) is 2. The molecule has 0 aliphatic carbocycles. The van der Waals surface area contributed by atoms with Gasteiger partial charge in [0, 0.05) is 22.2 Å². The fraction of sp³-hybridized carbons (Fsp3) is 0.318. The largest absolute Gasteiger partial charge is 0.493 e. The fourth-order valence-electron chi connectivity index (χ4n) is 4.71. The number of carbonyl (C=O) groups is 1. The minimum absolute atomic E-state index is 0.314. The normalized spacial score (nSPS) is 26.9. The minimum Gasteiger partial charge on any atom is -0.493 e. The minimum atomic E-state index is -1.44. The summed E-state index contributed by atoms with van der Waals surface area (Å²) in [6, 6.07) is 10.8. The molecule has 0 radical (unpaired) electrons. The van der Waals surface area contributed by atoms with Crippen molar-refractivity contribution in [1.29, 1.82) is 0 Å². The van der Waals surface area contributed by atoms with Gasteiger partial charge in [0.05, 0.1) is 13.0 Å². The van der Waals surface area contributed by atoms with Crippen molar-refractivity contribution < 1.29 is 19.2 Å². The Bertz CT molecular complexity index is 1020. The van der Waals surface area contributed by atoms with Crippen molar-refractivity contribution >= 4 is 11.6 Å². The monoisotopic (exact) mass is 409 g/mol. The molecule has 2 aliphatic heterocycles. The number of para-hydroxylation sites is 1. The summed E-state index contributed by atoms with van der Waals surface area (Å²) in [7, 11) is 1.52. The number of methoxy groups -OCH3 is 1. The number of ether oxygens (including phenoxy) is 2. The van der Waals surface area contributed by atoms with E-state index in [9.17, 15) is 14.9 Å². The molecular weight excluding hydrogens is 386 g/mol. The molecule has 0 saturated carbocycles. The topological polar surface area (TPSA) is 103 Å². The number of nitrogens with one attached hydrogen (secondary N) is 2. The summed E-state index contributed by atoms with van der Waals surface area (Å²) in [6.07, 6.45) is 1.62. The molecule has 1 saturated heterocycles. The zero-order valence-corrected chi connectivity index (χ0v) is 16.8.